The molecule has 0 N–H and O–H groups in total. The maximum atomic E-state index is 12.8. The van der Waals surface area contributed by atoms with Gasteiger partial charge >= 0.3 is 11.9 Å². The summed E-state index contributed by atoms with van der Waals surface area (Å²) in [5.41, 5.74) is 2.88. The summed E-state index contributed by atoms with van der Waals surface area (Å²) in [5, 5.41) is 0. The molecule has 0 aliphatic carbocycles. The molecule has 6 heteroatoms. The van der Waals surface area contributed by atoms with E-state index < -0.39 is 11.9 Å². The van der Waals surface area contributed by atoms with Crippen LogP contribution < -0.4 is 9.47 Å². The summed E-state index contributed by atoms with van der Waals surface area (Å²) in [5.74, 6) is 0.330. The zero-order chi connectivity index (χ0) is 33.7. The van der Waals surface area contributed by atoms with E-state index in [2.05, 4.69) is 13.8 Å². The van der Waals surface area contributed by atoms with Gasteiger partial charge in [0, 0.05) is 0 Å². The fourth-order valence-corrected chi connectivity index (χ4v) is 5.46. The predicted molar refractivity (Wildman–Crippen MR) is 190 cm³/mol. The monoisotopic (exact) mass is 644 g/mol. The van der Waals surface area contributed by atoms with Crippen molar-refractivity contribution in [3.05, 3.63) is 83.9 Å². The highest BCUT2D eigenvalue weighted by Crippen LogP contribution is 2.24. The van der Waals surface area contributed by atoms with Gasteiger partial charge in [0.2, 0.25) is 0 Å². The van der Waals surface area contributed by atoms with Crippen LogP contribution >= 0.6 is 0 Å². The van der Waals surface area contributed by atoms with Gasteiger partial charge in [0.25, 0.3) is 0 Å². The van der Waals surface area contributed by atoms with Crippen LogP contribution in [0.4, 0.5) is 0 Å². The standard InChI is InChI=1S/C41H56O6/c1-5-8-9-10-11-12-13-14-15-16-30-44-38-26-22-34(23-27-38)33-18-20-36(21-19-33)41(43)47-39-28-24-35(25-29-39)40(42)45-31-37(7-3)46-32(4)17-6-2/h18-29,32,37H,5-17,30-31H2,1-4H3/t32?,37-/m0/s1. The largest absolute Gasteiger partial charge is 0.494 e. The smallest absolute Gasteiger partial charge is 0.343 e. The van der Waals surface area contributed by atoms with Crippen molar-refractivity contribution < 1.29 is 28.5 Å². The summed E-state index contributed by atoms with van der Waals surface area (Å²) in [7, 11) is 0. The lowest BCUT2D eigenvalue weighted by atomic mass is 10.0. The minimum atomic E-state index is -0.466. The molecule has 0 radical (unpaired) electrons. The van der Waals surface area contributed by atoms with Crippen molar-refractivity contribution in [2.24, 2.45) is 0 Å². The molecule has 0 saturated carbocycles. The molecule has 2 atom stereocenters. The van der Waals surface area contributed by atoms with E-state index >= 15 is 0 Å². The number of hydrogen-bond donors (Lipinski definition) is 0. The van der Waals surface area contributed by atoms with Crippen LogP contribution in [0.15, 0.2) is 72.8 Å². The van der Waals surface area contributed by atoms with Gasteiger partial charge in [-0.15, -0.1) is 0 Å². The first-order chi connectivity index (χ1) is 22.9. The number of carbonyl (C=O) groups excluding carboxylic acids is 2. The van der Waals surface area contributed by atoms with E-state index in [-0.39, 0.29) is 18.8 Å². The Bertz CT molecular complexity index is 1280. The molecule has 0 aromatic heterocycles. The second-order valence-electron chi connectivity index (χ2n) is 12.4. The number of benzene rings is 3. The molecule has 3 aromatic rings. The van der Waals surface area contributed by atoms with Crippen LogP contribution in [0.3, 0.4) is 0 Å². The van der Waals surface area contributed by atoms with Crippen LogP contribution in [0.1, 0.15) is 132 Å². The Morgan fingerprint density at radius 1 is 0.596 bits per heavy atom. The van der Waals surface area contributed by atoms with Crippen molar-refractivity contribution in [2.45, 2.75) is 123 Å². The average Bonchev–Trinajstić information content (AvgIpc) is 3.09. The Balaban J connectivity index is 1.38. The summed E-state index contributed by atoms with van der Waals surface area (Å²) in [6.45, 7) is 9.38. The second kappa shape index (κ2) is 22.0. The molecule has 256 valence electrons. The summed E-state index contributed by atoms with van der Waals surface area (Å²) in [6.07, 6.45) is 15.9. The highest BCUT2D eigenvalue weighted by atomic mass is 16.6. The molecule has 0 amide bonds. The third-order valence-electron chi connectivity index (χ3n) is 8.35. The normalized spacial score (nSPS) is 12.3. The minimum absolute atomic E-state index is 0.129. The first-order valence-corrected chi connectivity index (χ1v) is 17.9. The first kappa shape index (κ1) is 37.8. The molecular formula is C41H56O6. The van der Waals surface area contributed by atoms with Crippen molar-refractivity contribution in [1.82, 2.24) is 0 Å². The lowest BCUT2D eigenvalue weighted by molar-refractivity contribution is -0.0444. The Morgan fingerprint density at radius 3 is 1.68 bits per heavy atom. The topological polar surface area (TPSA) is 71.1 Å². The van der Waals surface area contributed by atoms with E-state index in [1.54, 1.807) is 36.4 Å². The van der Waals surface area contributed by atoms with E-state index in [1.165, 1.54) is 57.8 Å². The summed E-state index contributed by atoms with van der Waals surface area (Å²) in [6, 6.07) is 21.8. The Hall–Kier alpha value is -3.64. The zero-order valence-electron chi connectivity index (χ0n) is 29.1. The summed E-state index contributed by atoms with van der Waals surface area (Å²) < 4.78 is 22.9. The van der Waals surface area contributed by atoms with Gasteiger partial charge in [0.05, 0.1) is 29.9 Å². The van der Waals surface area contributed by atoms with Crippen LogP contribution in [0, 0.1) is 0 Å². The van der Waals surface area contributed by atoms with E-state index in [4.69, 9.17) is 18.9 Å². The van der Waals surface area contributed by atoms with Gasteiger partial charge in [-0.1, -0.05) is 109 Å². The van der Waals surface area contributed by atoms with Crippen LogP contribution in [-0.4, -0.2) is 37.4 Å². The molecule has 0 heterocycles. The van der Waals surface area contributed by atoms with E-state index in [9.17, 15) is 9.59 Å². The van der Waals surface area contributed by atoms with Gasteiger partial charge in [-0.25, -0.2) is 9.59 Å². The molecule has 47 heavy (non-hydrogen) atoms. The van der Waals surface area contributed by atoms with Crippen molar-refractivity contribution in [3.8, 4) is 22.6 Å². The van der Waals surface area contributed by atoms with E-state index in [0.29, 0.717) is 16.9 Å². The fraction of sp³-hybridized carbons (Fsp3) is 0.512. The molecular weight excluding hydrogens is 588 g/mol. The molecule has 0 aliphatic heterocycles. The SMILES string of the molecule is CCCCCCCCCCCCOc1ccc(-c2ccc(C(=O)Oc3ccc(C(=O)OC[C@H](CC)OC(C)CCC)cc3)cc2)cc1. The molecule has 1 unspecified atom stereocenters. The maximum absolute atomic E-state index is 12.8. The summed E-state index contributed by atoms with van der Waals surface area (Å²) in [4.78, 5) is 25.3. The predicted octanol–water partition coefficient (Wildman–Crippen LogP) is 11.0. The number of rotatable bonds is 23. The van der Waals surface area contributed by atoms with Crippen LogP contribution in [0.2, 0.25) is 0 Å². The molecule has 0 spiro atoms. The highest BCUT2D eigenvalue weighted by Gasteiger charge is 2.16. The van der Waals surface area contributed by atoms with Gasteiger partial charge in [0.15, 0.2) is 0 Å². The Kier molecular flexibility index (Phi) is 17.7. The molecule has 0 fully saturated rings. The fourth-order valence-electron chi connectivity index (χ4n) is 5.46. The third-order valence-corrected chi connectivity index (χ3v) is 8.35. The Labute approximate surface area is 283 Å². The minimum Gasteiger partial charge on any atom is -0.494 e. The lowest BCUT2D eigenvalue weighted by Crippen LogP contribution is -2.25. The quantitative estimate of drug-likeness (QED) is 0.0581. The molecule has 0 bridgehead atoms. The zero-order valence-corrected chi connectivity index (χ0v) is 29.1. The number of esters is 2. The van der Waals surface area contributed by atoms with Crippen LogP contribution in [0.5, 0.6) is 11.5 Å². The molecule has 0 aliphatic rings. The lowest BCUT2D eigenvalue weighted by Gasteiger charge is -2.21. The van der Waals surface area contributed by atoms with E-state index in [0.717, 1.165) is 49.2 Å². The second-order valence-corrected chi connectivity index (χ2v) is 12.4. The summed E-state index contributed by atoms with van der Waals surface area (Å²) >= 11 is 0. The van der Waals surface area contributed by atoms with Crippen LogP contribution in [-0.2, 0) is 9.47 Å². The van der Waals surface area contributed by atoms with Crippen molar-refractivity contribution in [3.63, 3.8) is 0 Å². The average molecular weight is 645 g/mol. The van der Waals surface area contributed by atoms with Crippen molar-refractivity contribution in [1.29, 1.82) is 0 Å². The van der Waals surface area contributed by atoms with Crippen molar-refractivity contribution in [2.75, 3.05) is 13.2 Å². The van der Waals surface area contributed by atoms with Crippen LogP contribution in [0.25, 0.3) is 11.1 Å². The molecule has 0 saturated heterocycles. The number of hydrogen-bond acceptors (Lipinski definition) is 6. The van der Waals surface area contributed by atoms with E-state index in [1.807, 2.05) is 50.2 Å². The van der Waals surface area contributed by atoms with Gasteiger partial charge in [0.1, 0.15) is 18.1 Å². The number of carbonyl (C=O) groups is 2. The number of ether oxygens (including phenoxy) is 4. The molecule has 3 aromatic carbocycles. The number of unbranched alkanes of at least 4 members (excludes halogenated alkanes) is 9. The first-order valence-electron chi connectivity index (χ1n) is 17.9. The highest BCUT2D eigenvalue weighted by molar-refractivity contribution is 5.92. The maximum Gasteiger partial charge on any atom is 0.343 e. The van der Waals surface area contributed by atoms with Crippen molar-refractivity contribution >= 4 is 11.9 Å². The van der Waals surface area contributed by atoms with Gasteiger partial charge < -0.3 is 18.9 Å². The van der Waals surface area contributed by atoms with Gasteiger partial charge in [-0.3, -0.25) is 0 Å². The Morgan fingerprint density at radius 2 is 1.11 bits per heavy atom. The third kappa shape index (κ3) is 14.3. The van der Waals surface area contributed by atoms with Gasteiger partial charge in [-0.2, -0.15) is 0 Å². The molecule has 3 rings (SSSR count). The molecule has 6 nitrogen and oxygen atoms in total. The van der Waals surface area contributed by atoms with Gasteiger partial charge in [-0.05, 0) is 85.8 Å².